The lowest BCUT2D eigenvalue weighted by Crippen LogP contribution is -2.42. The summed E-state index contributed by atoms with van der Waals surface area (Å²) in [7, 11) is 0. The normalized spacial score (nSPS) is 14.5. The predicted octanol–water partition coefficient (Wildman–Crippen LogP) is 2.86. The van der Waals surface area contributed by atoms with E-state index in [1.54, 1.807) is 42.5 Å². The van der Waals surface area contributed by atoms with E-state index in [4.69, 9.17) is 10.2 Å². The monoisotopic (exact) mass is 413 g/mol. The van der Waals surface area contributed by atoms with E-state index in [2.05, 4.69) is 31.6 Å². The molecular weight excluding hydrogens is 386 g/mol. The molecule has 7 nitrogen and oxygen atoms in total. The smallest absolute Gasteiger partial charge is 0.394 e. The number of carboxylic acid groups (broad SMARTS) is 2. The molecule has 4 N–H and O–H groups in total. The van der Waals surface area contributed by atoms with Gasteiger partial charge < -0.3 is 20.6 Å². The van der Waals surface area contributed by atoms with Crippen LogP contribution < -0.4 is 5.32 Å². The maximum absolute atomic E-state index is 11.5. The number of aliphatic hydroxyl groups excluding tert-OH is 1. The van der Waals surface area contributed by atoms with Crippen molar-refractivity contribution in [2.75, 3.05) is 0 Å². The van der Waals surface area contributed by atoms with Crippen LogP contribution in [0, 0.1) is 0 Å². The van der Waals surface area contributed by atoms with Crippen molar-refractivity contribution in [2.45, 2.75) is 25.0 Å². The number of carbonyl (C=O) groups is 3. The van der Waals surface area contributed by atoms with Crippen LogP contribution in [0.2, 0.25) is 0 Å². The summed E-state index contributed by atoms with van der Waals surface area (Å²) in [6, 6.07) is -0.936. The van der Waals surface area contributed by atoms with Gasteiger partial charge in [-0.25, -0.2) is 9.59 Å². The Balaban J connectivity index is 5.76. The minimum absolute atomic E-state index is 0.0529. The molecule has 0 rings (SSSR count). The Kier molecular flexibility index (Phi) is 12.5. The quantitative estimate of drug-likeness (QED) is 0.272. The van der Waals surface area contributed by atoms with Crippen LogP contribution >= 0.6 is 0 Å². The summed E-state index contributed by atoms with van der Waals surface area (Å²) in [4.78, 5) is 33.2. The Morgan fingerprint density at radius 1 is 0.867 bits per heavy atom. The fraction of sp³-hybridized carbons (Fsp3) is 0.174. The fourth-order valence-electron chi connectivity index (χ4n) is 2.31. The van der Waals surface area contributed by atoms with Gasteiger partial charge in [0, 0.05) is 12.5 Å². The molecule has 0 saturated carbocycles. The summed E-state index contributed by atoms with van der Waals surface area (Å²) in [5.74, 6) is -4.48. The molecule has 160 valence electrons. The van der Waals surface area contributed by atoms with E-state index in [0.717, 1.165) is 11.1 Å². The van der Waals surface area contributed by atoms with Crippen LogP contribution in [-0.2, 0) is 14.4 Å². The largest absolute Gasteiger partial charge is 0.479 e. The van der Waals surface area contributed by atoms with Crippen molar-refractivity contribution < 1.29 is 29.7 Å². The minimum atomic E-state index is -1.76. The first-order valence-corrected chi connectivity index (χ1v) is 8.92. The highest BCUT2D eigenvalue weighted by Crippen LogP contribution is 2.17. The van der Waals surface area contributed by atoms with Gasteiger partial charge in [0.1, 0.15) is 0 Å². The number of aliphatic hydroxyl groups is 1. The summed E-state index contributed by atoms with van der Waals surface area (Å²) in [6.45, 7) is 14.8. The molecule has 0 spiro atoms. The third kappa shape index (κ3) is 10.0. The van der Waals surface area contributed by atoms with Crippen LogP contribution in [0.5, 0.6) is 0 Å². The zero-order valence-corrected chi connectivity index (χ0v) is 16.7. The second-order valence-corrected chi connectivity index (χ2v) is 5.99. The minimum Gasteiger partial charge on any atom is -0.479 e. The highest BCUT2D eigenvalue weighted by atomic mass is 16.4. The van der Waals surface area contributed by atoms with Gasteiger partial charge in [-0.3, -0.25) is 4.79 Å². The van der Waals surface area contributed by atoms with Crippen LogP contribution in [-0.4, -0.2) is 45.3 Å². The Bertz CT molecular complexity index is 814. The molecule has 0 bridgehead atoms. The molecule has 2 atom stereocenters. The van der Waals surface area contributed by atoms with E-state index in [-0.39, 0.29) is 12.8 Å². The highest BCUT2D eigenvalue weighted by Gasteiger charge is 2.24. The van der Waals surface area contributed by atoms with Gasteiger partial charge in [-0.15, -0.1) is 0 Å². The molecule has 0 fully saturated rings. The molecule has 1 amide bonds. The first-order chi connectivity index (χ1) is 14.2. The Morgan fingerprint density at radius 2 is 1.47 bits per heavy atom. The van der Waals surface area contributed by atoms with Crippen molar-refractivity contribution in [2.24, 2.45) is 0 Å². The number of rotatable bonds is 13. The maximum Gasteiger partial charge on any atom is 0.394 e. The van der Waals surface area contributed by atoms with Gasteiger partial charge in [-0.2, -0.15) is 0 Å². The van der Waals surface area contributed by atoms with Gasteiger partial charge in [-0.1, -0.05) is 81.0 Å². The number of hydrogen-bond acceptors (Lipinski definition) is 4. The number of amides is 1. The third-order valence-electron chi connectivity index (χ3n) is 3.84. The fourth-order valence-corrected chi connectivity index (χ4v) is 2.31. The molecule has 0 aliphatic rings. The molecule has 0 aromatic rings. The highest BCUT2D eigenvalue weighted by molar-refractivity contribution is 6.31. The van der Waals surface area contributed by atoms with Gasteiger partial charge >= 0.3 is 17.8 Å². The maximum atomic E-state index is 11.5. The van der Waals surface area contributed by atoms with E-state index in [9.17, 15) is 19.5 Å². The zero-order valence-electron chi connectivity index (χ0n) is 16.7. The summed E-state index contributed by atoms with van der Waals surface area (Å²) in [5, 5.41) is 29.5. The van der Waals surface area contributed by atoms with Crippen molar-refractivity contribution in [3.63, 3.8) is 0 Å². The second-order valence-electron chi connectivity index (χ2n) is 5.99. The molecule has 0 aliphatic heterocycles. The lowest BCUT2D eigenvalue weighted by molar-refractivity contribution is -0.151. The van der Waals surface area contributed by atoms with Gasteiger partial charge in [-0.05, 0) is 23.1 Å². The van der Waals surface area contributed by atoms with Crippen molar-refractivity contribution >= 4 is 17.8 Å². The van der Waals surface area contributed by atoms with Gasteiger partial charge in [0.15, 0.2) is 6.10 Å². The zero-order chi connectivity index (χ0) is 23.1. The molecule has 0 aliphatic carbocycles. The first-order valence-electron chi connectivity index (χ1n) is 8.92. The van der Waals surface area contributed by atoms with Crippen LogP contribution in [0.3, 0.4) is 0 Å². The summed E-state index contributed by atoms with van der Waals surface area (Å²) in [6.07, 6.45) is 13.0. The second kappa shape index (κ2) is 14.3. The molecule has 0 aromatic heterocycles. The van der Waals surface area contributed by atoms with Gasteiger partial charge in [0.2, 0.25) is 0 Å². The molecular formula is C23H27NO6. The Morgan fingerprint density at radius 3 is 1.93 bits per heavy atom. The molecule has 2 unspecified atom stereocenters. The van der Waals surface area contributed by atoms with Gasteiger partial charge in [0.25, 0.3) is 0 Å². The van der Waals surface area contributed by atoms with E-state index in [0.29, 0.717) is 5.57 Å². The van der Waals surface area contributed by atoms with Crippen LogP contribution in [0.4, 0.5) is 0 Å². The summed E-state index contributed by atoms with van der Waals surface area (Å²) < 4.78 is 0. The standard InChI is InChI=1S/C23H27NO6/c1-5-9-10-11-17(7-3)18(8-4)13-12-16(6-2)14-19(15-20(25)22(27)28)24-21(26)23(29)30/h5-13,19-20,25H,1-4,14-15H2,(H,24,26)(H,27,28)(H,29,30)/b10-9-,16-12+,17-11+,18-13+. The molecule has 0 aromatic carbocycles. The lowest BCUT2D eigenvalue weighted by Gasteiger charge is -2.19. The van der Waals surface area contributed by atoms with Crippen molar-refractivity contribution in [3.8, 4) is 0 Å². The SMILES string of the molecule is C=C\C=C/C=C(C=C)/C(C=C)=C/C=C(\C=C)CC(CC(O)C(=O)O)NC(=O)C(=O)O. The van der Waals surface area contributed by atoms with E-state index < -0.39 is 30.0 Å². The number of nitrogens with one attached hydrogen (secondary N) is 1. The van der Waals surface area contributed by atoms with E-state index >= 15 is 0 Å². The van der Waals surface area contributed by atoms with Crippen molar-refractivity contribution in [3.05, 3.63) is 97.7 Å². The number of hydrogen-bond donors (Lipinski definition) is 4. The molecule has 30 heavy (non-hydrogen) atoms. The molecule has 0 radical (unpaired) electrons. The van der Waals surface area contributed by atoms with Crippen LogP contribution in [0.25, 0.3) is 0 Å². The first kappa shape index (κ1) is 26.3. The van der Waals surface area contributed by atoms with Crippen LogP contribution in [0.1, 0.15) is 12.8 Å². The Hall–Kier alpha value is -3.71. The lowest BCUT2D eigenvalue weighted by atomic mass is 9.98. The number of allylic oxidation sites excluding steroid dienone is 11. The van der Waals surface area contributed by atoms with Crippen LogP contribution in [0.15, 0.2) is 97.7 Å². The number of carbonyl (C=O) groups excluding carboxylic acids is 1. The third-order valence-corrected chi connectivity index (χ3v) is 3.84. The summed E-state index contributed by atoms with van der Waals surface area (Å²) >= 11 is 0. The number of carboxylic acids is 2. The Labute approximate surface area is 176 Å². The van der Waals surface area contributed by atoms with Gasteiger partial charge in [0.05, 0.1) is 0 Å². The van der Waals surface area contributed by atoms with Crippen molar-refractivity contribution in [1.82, 2.24) is 5.32 Å². The average molecular weight is 413 g/mol. The average Bonchev–Trinajstić information content (AvgIpc) is 2.71. The van der Waals surface area contributed by atoms with Crippen molar-refractivity contribution in [1.29, 1.82) is 0 Å². The molecule has 0 saturated heterocycles. The number of aliphatic carboxylic acids is 2. The summed E-state index contributed by atoms with van der Waals surface area (Å²) in [5.41, 5.74) is 2.09. The predicted molar refractivity (Wildman–Crippen MR) is 117 cm³/mol. The molecule has 7 heteroatoms. The topological polar surface area (TPSA) is 124 Å². The van der Waals surface area contributed by atoms with E-state index in [1.165, 1.54) is 6.08 Å². The molecule has 0 heterocycles. The van der Waals surface area contributed by atoms with E-state index in [1.807, 2.05) is 6.08 Å².